The number of imidazole rings is 1. The van der Waals surface area contributed by atoms with Crippen LogP contribution in [0.25, 0.3) is 11.0 Å². The Morgan fingerprint density at radius 3 is 3.06 bits per heavy atom. The van der Waals surface area contributed by atoms with E-state index in [-0.39, 0.29) is 6.10 Å². The van der Waals surface area contributed by atoms with Crippen LogP contribution in [-0.4, -0.2) is 33.5 Å². The first-order chi connectivity index (χ1) is 8.69. The van der Waals surface area contributed by atoms with Crippen LogP contribution < -0.4 is 4.74 Å². The van der Waals surface area contributed by atoms with Gasteiger partial charge in [0.25, 0.3) is 0 Å². The number of nitrogens with zero attached hydrogens (tertiary/aromatic N) is 1. The Kier molecular flexibility index (Phi) is 4.49. The summed E-state index contributed by atoms with van der Waals surface area (Å²) in [6.07, 6.45) is 0.512. The molecular weight excluding hydrogens is 248 g/mol. The van der Waals surface area contributed by atoms with E-state index in [4.69, 9.17) is 4.74 Å². The summed E-state index contributed by atoms with van der Waals surface area (Å²) in [5, 5.41) is 10.1. The predicted octanol–water partition coefficient (Wildman–Crippen LogP) is 2.82. The molecule has 0 amide bonds. The number of aromatic amines is 1. The SMILES string of the molecule is CCOc1ccc2nc(SCCC(C)O)[nH]c2c1. The molecule has 98 valence electrons. The highest BCUT2D eigenvalue weighted by molar-refractivity contribution is 7.99. The van der Waals surface area contributed by atoms with Crippen molar-refractivity contribution in [3.05, 3.63) is 18.2 Å². The number of hydrogen-bond donors (Lipinski definition) is 2. The van der Waals surface area contributed by atoms with Gasteiger partial charge in [0.1, 0.15) is 5.75 Å². The highest BCUT2D eigenvalue weighted by Crippen LogP contribution is 2.23. The van der Waals surface area contributed by atoms with Crippen molar-refractivity contribution in [1.29, 1.82) is 0 Å². The smallest absolute Gasteiger partial charge is 0.166 e. The third-order valence-electron chi connectivity index (χ3n) is 2.52. The normalized spacial score (nSPS) is 12.8. The van der Waals surface area contributed by atoms with Gasteiger partial charge < -0.3 is 14.8 Å². The second-order valence-electron chi connectivity index (χ2n) is 4.14. The molecule has 0 aliphatic carbocycles. The average molecular weight is 266 g/mol. The largest absolute Gasteiger partial charge is 0.494 e. The van der Waals surface area contributed by atoms with Gasteiger partial charge in [0.15, 0.2) is 5.16 Å². The van der Waals surface area contributed by atoms with Gasteiger partial charge >= 0.3 is 0 Å². The molecule has 0 bridgehead atoms. The number of hydrogen-bond acceptors (Lipinski definition) is 4. The van der Waals surface area contributed by atoms with Gasteiger partial charge in [-0.2, -0.15) is 0 Å². The Morgan fingerprint density at radius 2 is 2.33 bits per heavy atom. The van der Waals surface area contributed by atoms with Crippen molar-refractivity contribution >= 4 is 22.8 Å². The van der Waals surface area contributed by atoms with Crippen LogP contribution in [0.2, 0.25) is 0 Å². The average Bonchev–Trinajstić information content (AvgIpc) is 2.71. The molecule has 18 heavy (non-hydrogen) atoms. The first-order valence-corrected chi connectivity index (χ1v) is 7.11. The summed E-state index contributed by atoms with van der Waals surface area (Å²) in [5.41, 5.74) is 1.93. The van der Waals surface area contributed by atoms with E-state index in [0.29, 0.717) is 6.61 Å². The zero-order chi connectivity index (χ0) is 13.0. The third kappa shape index (κ3) is 3.40. The van der Waals surface area contributed by atoms with Gasteiger partial charge in [-0.15, -0.1) is 0 Å². The van der Waals surface area contributed by atoms with Gasteiger partial charge in [-0.3, -0.25) is 0 Å². The van der Waals surface area contributed by atoms with Gasteiger partial charge in [-0.05, 0) is 32.4 Å². The highest BCUT2D eigenvalue weighted by Gasteiger charge is 2.05. The number of ether oxygens (including phenoxy) is 1. The Labute approximate surface area is 111 Å². The molecule has 1 unspecified atom stereocenters. The molecular formula is C13H18N2O2S. The molecule has 2 rings (SSSR count). The number of nitrogens with one attached hydrogen (secondary N) is 1. The lowest BCUT2D eigenvalue weighted by Gasteiger charge is -2.01. The number of fused-ring (bicyclic) bond motifs is 1. The van der Waals surface area contributed by atoms with E-state index in [1.54, 1.807) is 18.7 Å². The molecule has 1 heterocycles. The van der Waals surface area contributed by atoms with E-state index in [0.717, 1.165) is 34.1 Å². The molecule has 1 aromatic carbocycles. The van der Waals surface area contributed by atoms with Crippen molar-refractivity contribution in [2.75, 3.05) is 12.4 Å². The van der Waals surface area contributed by atoms with Crippen LogP contribution in [0.5, 0.6) is 5.75 Å². The Balaban J connectivity index is 2.07. The molecule has 2 N–H and O–H groups in total. The first kappa shape index (κ1) is 13.2. The third-order valence-corrected chi connectivity index (χ3v) is 3.42. The summed E-state index contributed by atoms with van der Waals surface area (Å²) in [4.78, 5) is 7.74. The maximum Gasteiger partial charge on any atom is 0.166 e. The molecule has 2 aromatic rings. The first-order valence-electron chi connectivity index (χ1n) is 6.12. The highest BCUT2D eigenvalue weighted by atomic mass is 32.2. The summed E-state index contributed by atoms with van der Waals surface area (Å²) in [6, 6.07) is 5.84. The standard InChI is InChI=1S/C13H18N2O2S/c1-3-17-10-4-5-11-12(8-10)15-13(14-11)18-7-6-9(2)16/h4-5,8-9,16H,3,6-7H2,1-2H3,(H,14,15). The molecule has 5 heteroatoms. The minimum atomic E-state index is -0.258. The van der Waals surface area contributed by atoms with Crippen molar-refractivity contribution < 1.29 is 9.84 Å². The molecule has 0 aliphatic heterocycles. The van der Waals surface area contributed by atoms with Gasteiger partial charge in [-0.1, -0.05) is 11.8 Å². The molecule has 0 saturated carbocycles. The minimum absolute atomic E-state index is 0.258. The molecule has 1 aromatic heterocycles. The lowest BCUT2D eigenvalue weighted by Crippen LogP contribution is -2.00. The lowest BCUT2D eigenvalue weighted by atomic mass is 10.3. The number of benzene rings is 1. The Bertz CT molecular complexity index is 511. The van der Waals surface area contributed by atoms with Crippen molar-refractivity contribution in [3.63, 3.8) is 0 Å². The molecule has 4 nitrogen and oxygen atoms in total. The second-order valence-corrected chi connectivity index (χ2v) is 5.22. The fraction of sp³-hybridized carbons (Fsp3) is 0.462. The topological polar surface area (TPSA) is 58.1 Å². The fourth-order valence-electron chi connectivity index (χ4n) is 1.62. The number of rotatable bonds is 6. The van der Waals surface area contributed by atoms with Crippen molar-refractivity contribution in [3.8, 4) is 5.75 Å². The Morgan fingerprint density at radius 1 is 1.50 bits per heavy atom. The molecule has 0 saturated heterocycles. The quantitative estimate of drug-likeness (QED) is 0.789. The number of aromatic nitrogens is 2. The van der Waals surface area contributed by atoms with Crippen molar-refractivity contribution in [1.82, 2.24) is 9.97 Å². The van der Waals surface area contributed by atoms with E-state index in [1.165, 1.54) is 0 Å². The van der Waals surface area contributed by atoms with E-state index >= 15 is 0 Å². The van der Waals surface area contributed by atoms with Crippen molar-refractivity contribution in [2.24, 2.45) is 0 Å². The van der Waals surface area contributed by atoms with Crippen LogP contribution in [0, 0.1) is 0 Å². The summed E-state index contributed by atoms with van der Waals surface area (Å²) in [5.74, 6) is 1.71. The van der Waals surface area contributed by atoms with Crippen LogP contribution in [-0.2, 0) is 0 Å². The van der Waals surface area contributed by atoms with Crippen molar-refractivity contribution in [2.45, 2.75) is 31.5 Å². The van der Waals surface area contributed by atoms with E-state index < -0.39 is 0 Å². The monoisotopic (exact) mass is 266 g/mol. The van der Waals surface area contributed by atoms with Gasteiger partial charge in [0, 0.05) is 11.8 Å². The maximum atomic E-state index is 9.21. The molecule has 0 spiro atoms. The van der Waals surface area contributed by atoms with E-state index in [9.17, 15) is 5.11 Å². The number of aliphatic hydroxyl groups is 1. The molecule has 0 fully saturated rings. The molecule has 0 aliphatic rings. The predicted molar refractivity (Wildman–Crippen MR) is 74.3 cm³/mol. The van der Waals surface area contributed by atoms with E-state index in [1.807, 2.05) is 25.1 Å². The fourth-order valence-corrected chi connectivity index (χ4v) is 2.61. The maximum absolute atomic E-state index is 9.21. The Hall–Kier alpha value is -1.20. The van der Waals surface area contributed by atoms with E-state index in [2.05, 4.69) is 9.97 Å². The molecule has 1 atom stereocenters. The zero-order valence-electron chi connectivity index (χ0n) is 10.6. The van der Waals surface area contributed by atoms with Gasteiger partial charge in [0.2, 0.25) is 0 Å². The number of aliphatic hydroxyl groups excluding tert-OH is 1. The number of thioether (sulfide) groups is 1. The van der Waals surface area contributed by atoms with Crippen LogP contribution >= 0.6 is 11.8 Å². The van der Waals surface area contributed by atoms with Crippen LogP contribution in [0.1, 0.15) is 20.3 Å². The van der Waals surface area contributed by atoms with Crippen LogP contribution in [0.4, 0.5) is 0 Å². The summed E-state index contributed by atoms with van der Waals surface area (Å²) in [6.45, 7) is 4.43. The second kappa shape index (κ2) is 6.11. The molecule has 0 radical (unpaired) electrons. The zero-order valence-corrected chi connectivity index (χ0v) is 11.5. The summed E-state index contributed by atoms with van der Waals surface area (Å²) in [7, 11) is 0. The van der Waals surface area contributed by atoms with Crippen LogP contribution in [0.3, 0.4) is 0 Å². The van der Waals surface area contributed by atoms with Gasteiger partial charge in [-0.25, -0.2) is 4.98 Å². The summed E-state index contributed by atoms with van der Waals surface area (Å²) >= 11 is 1.63. The lowest BCUT2D eigenvalue weighted by molar-refractivity contribution is 0.192. The number of H-pyrrole nitrogens is 1. The van der Waals surface area contributed by atoms with Gasteiger partial charge in [0.05, 0.1) is 23.7 Å². The van der Waals surface area contributed by atoms with Crippen LogP contribution in [0.15, 0.2) is 23.4 Å². The summed E-state index contributed by atoms with van der Waals surface area (Å²) < 4.78 is 5.45. The minimum Gasteiger partial charge on any atom is -0.494 e.